The maximum absolute atomic E-state index is 14.0. The second kappa shape index (κ2) is 6.36. The molecular formula is C8F17O3S-. The molecular weight excluding hydrogens is 499 g/mol. The van der Waals surface area contributed by atoms with Gasteiger partial charge in [-0.05, 0) is 0 Å². The predicted molar refractivity (Wildman–Crippen MR) is 50.4 cm³/mol. The van der Waals surface area contributed by atoms with E-state index in [0.717, 1.165) is 0 Å². The number of halogens is 17. The first-order valence-electron chi connectivity index (χ1n) is 5.67. The second-order valence-corrected chi connectivity index (χ2v) is 6.40. The molecule has 0 spiro atoms. The molecule has 0 saturated carbocycles. The lowest BCUT2D eigenvalue weighted by molar-refractivity contribution is -0.438. The maximum Gasteiger partial charge on any atom is 0.460 e. The van der Waals surface area contributed by atoms with Gasteiger partial charge in [-0.15, -0.1) is 0 Å². The van der Waals surface area contributed by atoms with Crippen molar-refractivity contribution in [2.75, 3.05) is 0 Å². The van der Waals surface area contributed by atoms with E-state index in [1.807, 2.05) is 0 Å². The minimum absolute atomic E-state index is 8.08. The fourth-order valence-corrected chi connectivity index (χ4v) is 2.71. The predicted octanol–water partition coefficient (Wildman–Crippen LogP) is 4.50. The lowest BCUT2D eigenvalue weighted by Gasteiger charge is -2.48. The summed E-state index contributed by atoms with van der Waals surface area (Å²) in [7, 11) is -9.17. The van der Waals surface area contributed by atoms with Gasteiger partial charge in [0.05, 0.1) is 0 Å². The van der Waals surface area contributed by atoms with E-state index in [0.29, 0.717) is 0 Å². The van der Waals surface area contributed by atoms with Crippen molar-refractivity contribution in [1.82, 2.24) is 0 Å². The summed E-state index contributed by atoms with van der Waals surface area (Å²) in [5.41, 5.74) is -9.19. The molecule has 0 radical (unpaired) electrons. The SMILES string of the molecule is O=S(=O)([O-])C(F)(C(F)(F)C(F)(F)C(F)(F)F)C(F)(C(F)(F)F)C(F)(F)C(F)(F)F. The van der Waals surface area contributed by atoms with Crippen molar-refractivity contribution in [3.05, 3.63) is 0 Å². The topological polar surface area (TPSA) is 57.2 Å². The van der Waals surface area contributed by atoms with E-state index in [1.54, 1.807) is 0 Å². The van der Waals surface area contributed by atoms with Gasteiger partial charge in [-0.25, -0.2) is 17.2 Å². The molecule has 0 aromatic carbocycles. The lowest BCUT2D eigenvalue weighted by atomic mass is 9.84. The highest BCUT2D eigenvalue weighted by Crippen LogP contribution is 2.66. The van der Waals surface area contributed by atoms with Crippen LogP contribution in [0, 0.1) is 0 Å². The molecule has 0 saturated heterocycles. The quantitative estimate of drug-likeness (QED) is 0.414. The zero-order chi connectivity index (χ0) is 24.5. The van der Waals surface area contributed by atoms with Crippen LogP contribution < -0.4 is 0 Å². The Bertz CT molecular complexity index is 729. The van der Waals surface area contributed by atoms with Crippen LogP contribution in [0.3, 0.4) is 0 Å². The molecule has 29 heavy (non-hydrogen) atoms. The molecule has 0 bridgehead atoms. The summed E-state index contributed by atoms with van der Waals surface area (Å²) in [6.45, 7) is 0. The van der Waals surface area contributed by atoms with Crippen LogP contribution in [0.1, 0.15) is 0 Å². The Morgan fingerprint density at radius 3 is 0.897 bits per heavy atom. The fraction of sp³-hybridized carbons (Fsp3) is 1.00. The average Bonchev–Trinajstić information content (AvgIpc) is 2.39. The van der Waals surface area contributed by atoms with Gasteiger partial charge >= 0.3 is 47.0 Å². The highest BCUT2D eigenvalue weighted by Gasteiger charge is 2.99. The van der Waals surface area contributed by atoms with Crippen LogP contribution in [-0.2, 0) is 10.1 Å². The van der Waals surface area contributed by atoms with Crippen LogP contribution >= 0.6 is 0 Å². The average molecular weight is 499 g/mol. The highest BCUT2D eigenvalue weighted by atomic mass is 32.2. The molecule has 0 aliphatic heterocycles. The third-order valence-corrected chi connectivity index (χ3v) is 4.35. The summed E-state index contributed by atoms with van der Waals surface area (Å²) >= 11 is 0. The largest absolute Gasteiger partial charge is 0.745 e. The Hall–Kier alpha value is -1.28. The Morgan fingerprint density at radius 2 is 0.724 bits per heavy atom. The number of hydrogen-bond donors (Lipinski definition) is 0. The van der Waals surface area contributed by atoms with Crippen LogP contribution in [0.25, 0.3) is 0 Å². The zero-order valence-electron chi connectivity index (χ0n) is 12.1. The Kier molecular flexibility index (Phi) is 6.08. The van der Waals surface area contributed by atoms with Crippen molar-refractivity contribution in [3.8, 4) is 0 Å². The van der Waals surface area contributed by atoms with E-state index in [1.165, 1.54) is 0 Å². The molecule has 0 fully saturated rings. The molecule has 0 aliphatic carbocycles. The summed E-state index contributed by atoms with van der Waals surface area (Å²) in [6, 6.07) is 0. The molecule has 0 heterocycles. The van der Waals surface area contributed by atoms with Gasteiger partial charge in [-0.1, -0.05) is 0 Å². The van der Waals surface area contributed by atoms with Crippen LogP contribution in [0.2, 0.25) is 0 Å². The van der Waals surface area contributed by atoms with Crippen molar-refractivity contribution in [2.45, 2.75) is 47.0 Å². The van der Waals surface area contributed by atoms with Gasteiger partial charge in [-0.2, -0.15) is 65.9 Å². The van der Waals surface area contributed by atoms with E-state index in [2.05, 4.69) is 0 Å². The van der Waals surface area contributed by atoms with Gasteiger partial charge in [0.25, 0.3) is 0 Å². The molecule has 0 rings (SSSR count). The minimum atomic E-state index is -9.19. The Labute approximate surface area is 146 Å². The monoisotopic (exact) mass is 499 g/mol. The third-order valence-electron chi connectivity index (χ3n) is 3.12. The first-order chi connectivity index (χ1) is 12.0. The highest BCUT2D eigenvalue weighted by molar-refractivity contribution is 7.87. The molecule has 176 valence electrons. The number of alkyl halides is 17. The summed E-state index contributed by atoms with van der Waals surface area (Å²) < 4.78 is 247. The van der Waals surface area contributed by atoms with Crippen molar-refractivity contribution in [2.24, 2.45) is 0 Å². The van der Waals surface area contributed by atoms with E-state index in [-0.39, 0.29) is 0 Å². The minimum Gasteiger partial charge on any atom is -0.745 e. The van der Waals surface area contributed by atoms with Gasteiger partial charge in [-0.3, -0.25) is 0 Å². The second-order valence-electron chi connectivity index (χ2n) is 4.92. The number of rotatable bonds is 5. The maximum atomic E-state index is 14.0. The molecule has 2 atom stereocenters. The normalized spacial score (nSPS) is 20.2. The van der Waals surface area contributed by atoms with Crippen molar-refractivity contribution in [3.63, 3.8) is 0 Å². The first-order valence-corrected chi connectivity index (χ1v) is 7.08. The van der Waals surface area contributed by atoms with Crippen molar-refractivity contribution >= 4 is 10.1 Å². The Balaban J connectivity index is 7.86. The lowest BCUT2D eigenvalue weighted by Crippen LogP contribution is -2.81. The van der Waals surface area contributed by atoms with Crippen LogP contribution in [0.4, 0.5) is 74.6 Å². The van der Waals surface area contributed by atoms with Gasteiger partial charge in [0.2, 0.25) is 0 Å². The van der Waals surface area contributed by atoms with E-state index >= 15 is 0 Å². The van der Waals surface area contributed by atoms with Crippen molar-refractivity contribution < 1.29 is 87.6 Å². The summed E-state index contributed by atoms with van der Waals surface area (Å²) in [6.07, 6.45) is -25.0. The molecule has 3 nitrogen and oxygen atoms in total. The third kappa shape index (κ3) is 3.26. The van der Waals surface area contributed by atoms with Crippen LogP contribution in [0.5, 0.6) is 0 Å². The van der Waals surface area contributed by atoms with E-state index in [4.69, 9.17) is 0 Å². The molecule has 0 amide bonds. The summed E-state index contributed by atoms with van der Waals surface area (Å²) in [5, 5.41) is -9.09. The van der Waals surface area contributed by atoms with Gasteiger partial charge in [0.15, 0.2) is 0 Å². The van der Waals surface area contributed by atoms with Gasteiger partial charge in [0.1, 0.15) is 10.1 Å². The van der Waals surface area contributed by atoms with E-state index < -0.39 is 57.1 Å². The molecule has 0 aliphatic rings. The fourth-order valence-electron chi connectivity index (χ4n) is 1.68. The standard InChI is InChI=1S/C8HF17O3S/c9-1(6(17,18)19,2(10,11)7(20,21)22)5(16,29(26,27)28)3(12,13)4(14,15)8(23,24)25/h(H,26,27,28)/p-1. The molecule has 21 heteroatoms. The summed E-state index contributed by atoms with van der Waals surface area (Å²) in [4.78, 5) is 0. The summed E-state index contributed by atoms with van der Waals surface area (Å²) in [5.74, 6) is -26.4. The zero-order valence-corrected chi connectivity index (χ0v) is 12.9. The first kappa shape index (κ1) is 27.7. The van der Waals surface area contributed by atoms with E-state index in [9.17, 15) is 87.6 Å². The molecule has 2 unspecified atom stereocenters. The molecule has 0 aromatic heterocycles. The molecule has 0 N–H and O–H groups in total. The van der Waals surface area contributed by atoms with Crippen LogP contribution in [0.15, 0.2) is 0 Å². The van der Waals surface area contributed by atoms with Crippen LogP contribution in [-0.4, -0.2) is 59.9 Å². The molecule has 0 aromatic rings. The Morgan fingerprint density at radius 1 is 0.448 bits per heavy atom. The van der Waals surface area contributed by atoms with Gasteiger partial charge in [0, 0.05) is 0 Å². The number of hydrogen-bond acceptors (Lipinski definition) is 3. The van der Waals surface area contributed by atoms with Crippen molar-refractivity contribution in [1.29, 1.82) is 0 Å². The smallest absolute Gasteiger partial charge is 0.460 e. The van der Waals surface area contributed by atoms with Gasteiger partial charge < -0.3 is 4.55 Å².